The molecule has 2 aromatic carbocycles. The summed E-state index contributed by atoms with van der Waals surface area (Å²) in [5.41, 5.74) is 3.26. The molecule has 6 nitrogen and oxygen atoms in total. The fourth-order valence-corrected chi connectivity index (χ4v) is 2.92. The van der Waals surface area contributed by atoms with Crippen molar-refractivity contribution >= 4 is 11.0 Å². The largest absolute Gasteiger partial charge is 0.497 e. The van der Waals surface area contributed by atoms with Crippen molar-refractivity contribution in [3.8, 4) is 17.2 Å². The Morgan fingerprint density at radius 2 is 1.80 bits per heavy atom. The second-order valence-corrected chi connectivity index (χ2v) is 5.79. The molecule has 0 spiro atoms. The number of imidazole rings is 1. The van der Waals surface area contributed by atoms with E-state index in [0.717, 1.165) is 22.3 Å². The van der Waals surface area contributed by atoms with Crippen molar-refractivity contribution in [1.82, 2.24) is 14.1 Å². The maximum absolute atomic E-state index is 12.5. The summed E-state index contributed by atoms with van der Waals surface area (Å²) in [7, 11) is 3.40. The summed E-state index contributed by atoms with van der Waals surface area (Å²) in [5.74, 6) is 1.30. The van der Waals surface area contributed by atoms with E-state index in [1.807, 2.05) is 48.5 Å². The molecule has 0 saturated carbocycles. The maximum atomic E-state index is 12.5. The summed E-state index contributed by atoms with van der Waals surface area (Å²) in [6, 6.07) is 15.2. The average Bonchev–Trinajstić information content (AvgIpc) is 3.22. The third-order valence-electron chi connectivity index (χ3n) is 4.26. The van der Waals surface area contributed by atoms with Crippen LogP contribution in [0.4, 0.5) is 0 Å². The Kier molecular flexibility index (Phi) is 3.65. The minimum absolute atomic E-state index is 0.0739. The van der Waals surface area contributed by atoms with Crippen LogP contribution in [0.15, 0.2) is 64.0 Å². The zero-order chi connectivity index (χ0) is 17.4. The van der Waals surface area contributed by atoms with Crippen molar-refractivity contribution in [3.63, 3.8) is 0 Å². The number of benzene rings is 2. The number of oxazole rings is 1. The van der Waals surface area contributed by atoms with Crippen LogP contribution in [-0.4, -0.2) is 21.2 Å². The highest BCUT2D eigenvalue weighted by atomic mass is 16.5. The number of para-hydroxylation sites is 2. The fourth-order valence-electron chi connectivity index (χ4n) is 2.92. The molecular formula is C19H17N3O3. The van der Waals surface area contributed by atoms with Crippen LogP contribution >= 0.6 is 0 Å². The molecule has 0 atom stereocenters. The third-order valence-corrected chi connectivity index (χ3v) is 4.26. The monoisotopic (exact) mass is 335 g/mol. The van der Waals surface area contributed by atoms with Crippen LogP contribution in [0.25, 0.3) is 22.5 Å². The van der Waals surface area contributed by atoms with Crippen molar-refractivity contribution in [3.05, 3.63) is 71.0 Å². The summed E-state index contributed by atoms with van der Waals surface area (Å²) in [6.45, 7) is 0.361. The fraction of sp³-hybridized carbons (Fsp3) is 0.158. The number of ether oxygens (including phenoxy) is 1. The molecule has 4 rings (SSSR count). The topological polar surface area (TPSA) is 62.2 Å². The predicted molar refractivity (Wildman–Crippen MR) is 94.8 cm³/mol. The normalized spacial score (nSPS) is 11.1. The van der Waals surface area contributed by atoms with Gasteiger partial charge in [-0.05, 0) is 36.4 Å². The van der Waals surface area contributed by atoms with E-state index in [1.54, 1.807) is 29.6 Å². The molecule has 0 amide bonds. The third kappa shape index (κ3) is 2.61. The molecule has 0 aliphatic carbocycles. The number of methoxy groups -OCH3 is 1. The summed E-state index contributed by atoms with van der Waals surface area (Å²) in [5, 5.41) is 0. The Morgan fingerprint density at radius 1 is 1.08 bits per heavy atom. The predicted octanol–water partition coefficient (Wildman–Crippen LogP) is 3.05. The first-order valence-corrected chi connectivity index (χ1v) is 7.90. The summed E-state index contributed by atoms with van der Waals surface area (Å²) < 4.78 is 14.1. The van der Waals surface area contributed by atoms with E-state index in [9.17, 15) is 4.79 Å². The average molecular weight is 335 g/mol. The Balaban J connectivity index is 1.68. The molecular weight excluding hydrogens is 318 g/mol. The Labute approximate surface area is 143 Å². The number of aryl methyl sites for hydroxylation is 1. The van der Waals surface area contributed by atoms with Crippen molar-refractivity contribution in [1.29, 1.82) is 0 Å². The zero-order valence-corrected chi connectivity index (χ0v) is 14.0. The van der Waals surface area contributed by atoms with Gasteiger partial charge in [0.1, 0.15) is 12.0 Å². The Morgan fingerprint density at radius 3 is 2.52 bits per heavy atom. The van der Waals surface area contributed by atoms with Gasteiger partial charge in [-0.1, -0.05) is 12.1 Å². The molecule has 0 N–H and O–H groups in total. The zero-order valence-electron chi connectivity index (χ0n) is 14.0. The highest BCUT2D eigenvalue weighted by molar-refractivity contribution is 5.75. The van der Waals surface area contributed by atoms with Gasteiger partial charge in [-0.25, -0.2) is 9.78 Å². The minimum atomic E-state index is -0.0739. The molecule has 0 saturated heterocycles. The number of fused-ring (bicyclic) bond motifs is 1. The number of hydrogen-bond donors (Lipinski definition) is 0. The van der Waals surface area contributed by atoms with Gasteiger partial charge in [-0.3, -0.25) is 9.13 Å². The van der Waals surface area contributed by atoms with Gasteiger partial charge in [-0.2, -0.15) is 0 Å². The number of hydrogen-bond acceptors (Lipinski definition) is 4. The van der Waals surface area contributed by atoms with E-state index in [-0.39, 0.29) is 5.69 Å². The highest BCUT2D eigenvalue weighted by Crippen LogP contribution is 2.22. The van der Waals surface area contributed by atoms with Crippen molar-refractivity contribution in [2.45, 2.75) is 6.54 Å². The molecule has 0 fully saturated rings. The van der Waals surface area contributed by atoms with Crippen LogP contribution in [0, 0.1) is 0 Å². The summed E-state index contributed by atoms with van der Waals surface area (Å²) in [4.78, 5) is 17.0. The van der Waals surface area contributed by atoms with Crippen LogP contribution in [0.2, 0.25) is 0 Å². The first-order chi connectivity index (χ1) is 12.2. The molecule has 126 valence electrons. The van der Waals surface area contributed by atoms with Gasteiger partial charge in [-0.15, -0.1) is 0 Å². The molecule has 2 aromatic heterocycles. The van der Waals surface area contributed by atoms with Gasteiger partial charge in [0, 0.05) is 12.6 Å². The summed E-state index contributed by atoms with van der Waals surface area (Å²) in [6.07, 6.45) is 1.59. The lowest BCUT2D eigenvalue weighted by Crippen LogP contribution is -2.22. The smallest absolute Gasteiger partial charge is 0.329 e. The van der Waals surface area contributed by atoms with Crippen LogP contribution in [0.1, 0.15) is 5.69 Å². The van der Waals surface area contributed by atoms with Crippen LogP contribution in [0.5, 0.6) is 5.75 Å². The van der Waals surface area contributed by atoms with Gasteiger partial charge in [0.2, 0.25) is 5.89 Å². The SMILES string of the molecule is COc1ccc(-c2nc(Cn3c(=O)n(C)c4ccccc43)co2)cc1. The van der Waals surface area contributed by atoms with Gasteiger partial charge in [0.15, 0.2) is 0 Å². The standard InChI is InChI=1S/C19H17N3O3/c1-21-16-5-3-4-6-17(16)22(19(21)23)11-14-12-25-18(20-14)13-7-9-15(24-2)10-8-13/h3-10,12H,11H2,1-2H3. The lowest BCUT2D eigenvalue weighted by atomic mass is 10.2. The first-order valence-electron chi connectivity index (χ1n) is 7.90. The number of rotatable bonds is 4. The van der Waals surface area contributed by atoms with E-state index in [2.05, 4.69) is 4.98 Å². The van der Waals surface area contributed by atoms with Gasteiger partial charge in [0.05, 0.1) is 30.4 Å². The lowest BCUT2D eigenvalue weighted by Gasteiger charge is -2.00. The van der Waals surface area contributed by atoms with Gasteiger partial charge in [0.25, 0.3) is 0 Å². The quantitative estimate of drug-likeness (QED) is 0.575. The summed E-state index contributed by atoms with van der Waals surface area (Å²) >= 11 is 0. The molecule has 0 radical (unpaired) electrons. The molecule has 2 heterocycles. The van der Waals surface area contributed by atoms with Crippen LogP contribution < -0.4 is 10.4 Å². The van der Waals surface area contributed by atoms with Gasteiger partial charge < -0.3 is 9.15 Å². The highest BCUT2D eigenvalue weighted by Gasteiger charge is 2.13. The van der Waals surface area contributed by atoms with Gasteiger partial charge >= 0.3 is 5.69 Å². The van der Waals surface area contributed by atoms with Crippen LogP contribution in [-0.2, 0) is 13.6 Å². The van der Waals surface area contributed by atoms with Crippen molar-refractivity contribution in [2.75, 3.05) is 7.11 Å². The molecule has 0 aliphatic heterocycles. The number of nitrogens with zero attached hydrogens (tertiary/aromatic N) is 3. The molecule has 4 aromatic rings. The van der Waals surface area contributed by atoms with Crippen LogP contribution in [0.3, 0.4) is 0 Å². The van der Waals surface area contributed by atoms with Crippen molar-refractivity contribution < 1.29 is 9.15 Å². The van der Waals surface area contributed by atoms with Crippen molar-refractivity contribution in [2.24, 2.45) is 7.05 Å². The maximum Gasteiger partial charge on any atom is 0.329 e. The molecule has 0 unspecified atom stereocenters. The Hall–Kier alpha value is -3.28. The first kappa shape index (κ1) is 15.3. The second-order valence-electron chi connectivity index (χ2n) is 5.79. The molecule has 0 bridgehead atoms. The molecule has 0 aliphatic rings. The van der Waals surface area contributed by atoms with E-state index >= 15 is 0 Å². The van der Waals surface area contributed by atoms with E-state index in [0.29, 0.717) is 18.1 Å². The molecule has 6 heteroatoms. The Bertz CT molecular complexity index is 1090. The van der Waals surface area contributed by atoms with E-state index < -0.39 is 0 Å². The number of aromatic nitrogens is 3. The lowest BCUT2D eigenvalue weighted by molar-refractivity contribution is 0.415. The van der Waals surface area contributed by atoms with E-state index in [1.165, 1.54) is 0 Å². The second kappa shape index (κ2) is 5.98. The van der Waals surface area contributed by atoms with E-state index in [4.69, 9.17) is 9.15 Å². The minimum Gasteiger partial charge on any atom is -0.497 e. The molecule has 25 heavy (non-hydrogen) atoms.